The van der Waals surface area contributed by atoms with Crippen molar-refractivity contribution in [3.8, 4) is 17.0 Å². The molecule has 0 aliphatic carbocycles. The van der Waals surface area contributed by atoms with Gasteiger partial charge in [0.15, 0.2) is 0 Å². The molecule has 36 heavy (non-hydrogen) atoms. The molecule has 1 aliphatic rings. The van der Waals surface area contributed by atoms with Crippen LogP contribution in [0.5, 0.6) is 5.75 Å². The number of rotatable bonds is 9. The average molecular weight is 511 g/mol. The molecule has 0 unspecified atom stereocenters. The fraction of sp³-hybridized carbons (Fsp3) is 0.519. The lowest BCUT2D eigenvalue weighted by Gasteiger charge is -2.21. The quantitative estimate of drug-likeness (QED) is 0.333. The van der Waals surface area contributed by atoms with E-state index in [1.54, 1.807) is 19.5 Å². The molecule has 194 valence electrons. The summed E-state index contributed by atoms with van der Waals surface area (Å²) in [5.41, 5.74) is 3.50. The molecule has 1 N–H and O–H groups in total. The van der Waals surface area contributed by atoms with E-state index in [1.165, 1.54) is 4.57 Å². The Labute approximate surface area is 213 Å². The summed E-state index contributed by atoms with van der Waals surface area (Å²) in [7, 11) is 0.506. The number of ether oxygens (including phenoxy) is 2. The van der Waals surface area contributed by atoms with Gasteiger partial charge in [-0.05, 0) is 44.0 Å². The number of aromatic hydroxyl groups is 1. The van der Waals surface area contributed by atoms with Gasteiger partial charge in [0, 0.05) is 51.9 Å². The lowest BCUT2D eigenvalue weighted by Crippen LogP contribution is -2.26. The number of hydrogen-bond donors (Lipinski definition) is 1. The van der Waals surface area contributed by atoms with E-state index in [2.05, 4.69) is 29.5 Å². The second kappa shape index (κ2) is 10.7. The Morgan fingerprint density at radius 1 is 1.22 bits per heavy atom. The SMILES string of the molecule is COC[C@H]1CCN(c2cc3c(=O)n(COCC[Si](C)(C)C)cnc3c(-c3c(C)ccc(O)c3C)n2)C1. The molecule has 0 amide bonds. The minimum Gasteiger partial charge on any atom is -0.508 e. The Kier molecular flexibility index (Phi) is 7.82. The van der Waals surface area contributed by atoms with Crippen molar-refractivity contribution in [1.29, 1.82) is 0 Å². The number of benzene rings is 1. The summed E-state index contributed by atoms with van der Waals surface area (Å²) in [5, 5.41) is 11.0. The smallest absolute Gasteiger partial charge is 0.263 e. The molecule has 8 nitrogen and oxygen atoms in total. The summed E-state index contributed by atoms with van der Waals surface area (Å²) in [6, 6.07) is 6.45. The largest absolute Gasteiger partial charge is 0.508 e. The summed E-state index contributed by atoms with van der Waals surface area (Å²) < 4.78 is 12.7. The predicted molar refractivity (Wildman–Crippen MR) is 147 cm³/mol. The average Bonchev–Trinajstić information content (AvgIpc) is 3.29. The Morgan fingerprint density at radius 2 is 2.00 bits per heavy atom. The maximum Gasteiger partial charge on any atom is 0.263 e. The van der Waals surface area contributed by atoms with Gasteiger partial charge in [0.1, 0.15) is 30.1 Å². The summed E-state index contributed by atoms with van der Waals surface area (Å²) in [6.45, 7) is 13.9. The van der Waals surface area contributed by atoms with Crippen molar-refractivity contribution in [3.05, 3.63) is 46.0 Å². The second-order valence-corrected chi connectivity index (χ2v) is 16.7. The zero-order chi connectivity index (χ0) is 26.0. The van der Waals surface area contributed by atoms with E-state index in [1.807, 2.05) is 26.0 Å². The zero-order valence-electron chi connectivity index (χ0n) is 22.3. The van der Waals surface area contributed by atoms with Crippen molar-refractivity contribution in [2.75, 3.05) is 38.3 Å². The summed E-state index contributed by atoms with van der Waals surface area (Å²) in [5.74, 6) is 1.36. The Bertz CT molecular complexity index is 1300. The van der Waals surface area contributed by atoms with Crippen molar-refractivity contribution >= 4 is 24.8 Å². The number of hydrogen-bond acceptors (Lipinski definition) is 7. The van der Waals surface area contributed by atoms with Crippen LogP contribution < -0.4 is 10.5 Å². The number of pyridine rings is 1. The highest BCUT2D eigenvalue weighted by Gasteiger charge is 2.26. The number of methoxy groups -OCH3 is 1. The Balaban J connectivity index is 1.80. The summed E-state index contributed by atoms with van der Waals surface area (Å²) in [6.07, 6.45) is 2.55. The number of phenolic OH excluding ortho intramolecular Hbond substituents is 1. The third-order valence-electron chi connectivity index (χ3n) is 6.92. The van der Waals surface area contributed by atoms with E-state index in [4.69, 9.17) is 14.5 Å². The van der Waals surface area contributed by atoms with Crippen LogP contribution >= 0.6 is 0 Å². The van der Waals surface area contributed by atoms with Crippen molar-refractivity contribution < 1.29 is 14.6 Å². The topological polar surface area (TPSA) is 89.7 Å². The van der Waals surface area contributed by atoms with Crippen molar-refractivity contribution in [2.24, 2.45) is 5.92 Å². The van der Waals surface area contributed by atoms with E-state index in [0.717, 1.165) is 48.1 Å². The summed E-state index contributed by atoms with van der Waals surface area (Å²) >= 11 is 0. The van der Waals surface area contributed by atoms with Crippen LogP contribution in [0.1, 0.15) is 17.5 Å². The van der Waals surface area contributed by atoms with Crippen molar-refractivity contribution in [3.63, 3.8) is 0 Å². The molecule has 0 saturated carbocycles. The minimum atomic E-state index is -1.22. The predicted octanol–water partition coefficient (Wildman–Crippen LogP) is 4.57. The number of anilines is 1. The maximum atomic E-state index is 13.6. The van der Waals surface area contributed by atoms with Gasteiger partial charge in [0.25, 0.3) is 5.56 Å². The van der Waals surface area contributed by atoms with Crippen LogP contribution in [0.15, 0.2) is 29.3 Å². The molecule has 4 rings (SSSR count). The molecule has 1 aromatic carbocycles. The fourth-order valence-corrected chi connectivity index (χ4v) is 5.49. The van der Waals surface area contributed by atoms with Crippen LogP contribution in [0.4, 0.5) is 5.82 Å². The van der Waals surface area contributed by atoms with Gasteiger partial charge in [0.2, 0.25) is 0 Å². The van der Waals surface area contributed by atoms with Gasteiger partial charge < -0.3 is 19.5 Å². The second-order valence-electron chi connectivity index (χ2n) is 11.1. The normalized spacial score (nSPS) is 16.3. The highest BCUT2D eigenvalue weighted by molar-refractivity contribution is 6.76. The van der Waals surface area contributed by atoms with Gasteiger partial charge in [-0.1, -0.05) is 25.7 Å². The van der Waals surface area contributed by atoms with E-state index >= 15 is 0 Å². The molecule has 2 aromatic heterocycles. The first-order valence-electron chi connectivity index (χ1n) is 12.6. The molecule has 0 bridgehead atoms. The molecule has 3 aromatic rings. The Morgan fingerprint density at radius 3 is 2.72 bits per heavy atom. The first kappa shape index (κ1) is 26.3. The van der Waals surface area contributed by atoms with Crippen molar-refractivity contribution in [2.45, 2.75) is 52.7 Å². The molecule has 1 saturated heterocycles. The van der Waals surface area contributed by atoms with Crippen LogP contribution in [0.2, 0.25) is 25.7 Å². The van der Waals surface area contributed by atoms with Gasteiger partial charge in [-0.25, -0.2) is 9.97 Å². The highest BCUT2D eigenvalue weighted by Crippen LogP contribution is 2.36. The molecule has 1 fully saturated rings. The van der Waals surface area contributed by atoms with Gasteiger partial charge in [-0.2, -0.15) is 0 Å². The van der Waals surface area contributed by atoms with E-state index in [9.17, 15) is 9.90 Å². The standard InChI is InChI=1S/C27H38N4O4Si/c1-18-7-8-22(32)19(2)24(18)26-25-21(13-23(29-26)30-10-9-20(14-30)15-34-3)27(33)31(16-28-25)17-35-11-12-36(4,5)6/h7-8,13,16,20,32H,9-12,14-15,17H2,1-6H3/t20-/m0/s1. The molecule has 0 spiro atoms. The number of phenols is 1. The highest BCUT2D eigenvalue weighted by atomic mass is 28.3. The molecule has 3 heterocycles. The molecule has 9 heteroatoms. The zero-order valence-corrected chi connectivity index (χ0v) is 23.3. The Hall–Kier alpha value is -2.75. The van der Waals surface area contributed by atoms with Crippen LogP contribution in [0.25, 0.3) is 22.2 Å². The van der Waals surface area contributed by atoms with E-state index in [-0.39, 0.29) is 18.0 Å². The molecule has 0 radical (unpaired) electrons. The number of fused-ring (bicyclic) bond motifs is 1. The third kappa shape index (κ3) is 5.63. The van der Waals surface area contributed by atoms with Crippen LogP contribution in [0.3, 0.4) is 0 Å². The lowest BCUT2D eigenvalue weighted by atomic mass is 9.97. The molecule has 1 atom stereocenters. The first-order chi connectivity index (χ1) is 17.1. The van der Waals surface area contributed by atoms with Crippen LogP contribution in [-0.4, -0.2) is 61.1 Å². The van der Waals surface area contributed by atoms with Crippen LogP contribution in [-0.2, 0) is 16.2 Å². The van der Waals surface area contributed by atoms with Gasteiger partial charge >= 0.3 is 0 Å². The van der Waals surface area contributed by atoms with E-state index in [0.29, 0.717) is 35.7 Å². The first-order valence-corrected chi connectivity index (χ1v) is 16.3. The van der Waals surface area contributed by atoms with Crippen LogP contribution in [0, 0.1) is 19.8 Å². The lowest BCUT2D eigenvalue weighted by molar-refractivity contribution is 0.0844. The molecule has 1 aliphatic heterocycles. The number of nitrogens with zero attached hydrogens (tertiary/aromatic N) is 4. The minimum absolute atomic E-state index is 0.152. The van der Waals surface area contributed by atoms with E-state index < -0.39 is 8.07 Å². The van der Waals surface area contributed by atoms with Gasteiger partial charge in [-0.15, -0.1) is 0 Å². The third-order valence-corrected chi connectivity index (χ3v) is 8.62. The number of aryl methyl sites for hydroxylation is 1. The fourth-order valence-electron chi connectivity index (χ4n) is 4.74. The van der Waals surface area contributed by atoms with Gasteiger partial charge in [-0.3, -0.25) is 9.36 Å². The van der Waals surface area contributed by atoms with Crippen molar-refractivity contribution in [1.82, 2.24) is 14.5 Å². The van der Waals surface area contributed by atoms with Gasteiger partial charge in [0.05, 0.1) is 17.7 Å². The molecular weight excluding hydrogens is 472 g/mol. The summed E-state index contributed by atoms with van der Waals surface area (Å²) in [4.78, 5) is 25.5. The molecular formula is C27H38N4O4Si. The monoisotopic (exact) mass is 510 g/mol. The number of aromatic nitrogens is 3. The maximum absolute atomic E-state index is 13.6.